The number of nitrogens with two attached hydrogens (primary N) is 1. The van der Waals surface area contributed by atoms with Crippen LogP contribution in [0.2, 0.25) is 0 Å². The highest BCUT2D eigenvalue weighted by Crippen LogP contribution is 2.27. The van der Waals surface area contributed by atoms with E-state index >= 15 is 0 Å². The van der Waals surface area contributed by atoms with Gasteiger partial charge in [0, 0.05) is 6.04 Å². The van der Waals surface area contributed by atoms with Gasteiger partial charge in [0.2, 0.25) is 0 Å². The summed E-state index contributed by atoms with van der Waals surface area (Å²) in [6.45, 7) is 6.79. The van der Waals surface area contributed by atoms with Crippen LogP contribution >= 0.6 is 0 Å². The van der Waals surface area contributed by atoms with Gasteiger partial charge in [-0.05, 0) is 40.7 Å². The largest absolute Gasteiger partial charge is 0.324 e. The van der Waals surface area contributed by atoms with Crippen LogP contribution in [-0.2, 0) is 0 Å². The quantitative estimate of drug-likeness (QED) is 0.830. The molecule has 0 spiro atoms. The van der Waals surface area contributed by atoms with Gasteiger partial charge in [0.1, 0.15) is 0 Å². The Labute approximate surface area is 110 Å². The van der Waals surface area contributed by atoms with Gasteiger partial charge in [-0.1, -0.05) is 57.2 Å². The lowest BCUT2D eigenvalue weighted by Crippen LogP contribution is -2.14. The van der Waals surface area contributed by atoms with Gasteiger partial charge in [0.05, 0.1) is 0 Å². The summed E-state index contributed by atoms with van der Waals surface area (Å²) in [7, 11) is 0. The Bertz CT molecular complexity index is 522. The number of benzene rings is 2. The normalized spacial score (nSPS) is 13.8. The monoisotopic (exact) mass is 241 g/mol. The smallest absolute Gasteiger partial charge is 0.0295 e. The molecule has 0 aliphatic carbocycles. The zero-order chi connectivity index (χ0) is 13.2. The Balaban J connectivity index is 2.15. The molecule has 0 amide bonds. The number of rotatable bonds is 3. The molecule has 0 aromatic heterocycles. The summed E-state index contributed by atoms with van der Waals surface area (Å²) in [5.41, 5.74) is 7.90. The summed E-state index contributed by atoms with van der Waals surface area (Å²) < 4.78 is 0. The van der Waals surface area contributed by atoms with Crippen molar-refractivity contribution >= 4 is 10.8 Å². The molecule has 0 fully saturated rings. The minimum absolute atomic E-state index is 0.147. The predicted molar refractivity (Wildman–Crippen MR) is 79.6 cm³/mol. The average molecular weight is 241 g/mol. The maximum absolute atomic E-state index is 6.29. The molecule has 2 aromatic carbocycles. The summed E-state index contributed by atoms with van der Waals surface area (Å²) >= 11 is 0. The Morgan fingerprint density at radius 2 is 1.67 bits per heavy atom. The van der Waals surface area contributed by atoms with Crippen molar-refractivity contribution in [3.05, 3.63) is 48.0 Å². The molecule has 2 N–H and O–H groups in total. The van der Waals surface area contributed by atoms with Crippen molar-refractivity contribution in [3.8, 4) is 0 Å². The second-order valence-electron chi connectivity index (χ2n) is 6.31. The fourth-order valence-corrected chi connectivity index (χ4v) is 2.19. The molecular formula is C17H23N. The van der Waals surface area contributed by atoms with E-state index in [0.717, 1.165) is 12.8 Å². The van der Waals surface area contributed by atoms with Gasteiger partial charge >= 0.3 is 0 Å². The minimum atomic E-state index is 0.147. The fraction of sp³-hybridized carbons (Fsp3) is 0.412. The van der Waals surface area contributed by atoms with Crippen molar-refractivity contribution < 1.29 is 0 Å². The van der Waals surface area contributed by atoms with Crippen LogP contribution < -0.4 is 5.73 Å². The molecule has 18 heavy (non-hydrogen) atoms. The van der Waals surface area contributed by atoms with E-state index in [4.69, 9.17) is 5.73 Å². The minimum Gasteiger partial charge on any atom is -0.324 e. The molecule has 1 nitrogen and oxygen atoms in total. The summed E-state index contributed by atoms with van der Waals surface area (Å²) in [5, 5.41) is 2.56. The lowest BCUT2D eigenvalue weighted by atomic mass is 9.87. The van der Waals surface area contributed by atoms with E-state index in [-0.39, 0.29) is 6.04 Å². The highest BCUT2D eigenvalue weighted by molar-refractivity contribution is 5.83. The van der Waals surface area contributed by atoms with Crippen LogP contribution in [0.3, 0.4) is 0 Å². The van der Waals surface area contributed by atoms with Crippen molar-refractivity contribution in [1.82, 2.24) is 0 Å². The molecule has 0 aliphatic heterocycles. The van der Waals surface area contributed by atoms with Gasteiger partial charge in [-0.25, -0.2) is 0 Å². The lowest BCUT2D eigenvalue weighted by Gasteiger charge is -2.21. The molecule has 0 radical (unpaired) electrons. The average Bonchev–Trinajstić information content (AvgIpc) is 2.34. The zero-order valence-corrected chi connectivity index (χ0v) is 11.6. The van der Waals surface area contributed by atoms with E-state index in [1.165, 1.54) is 16.3 Å². The molecule has 2 rings (SSSR count). The van der Waals surface area contributed by atoms with E-state index in [1.54, 1.807) is 0 Å². The van der Waals surface area contributed by atoms with Crippen LogP contribution in [0.4, 0.5) is 0 Å². The Hall–Kier alpha value is -1.34. The third-order valence-corrected chi connectivity index (χ3v) is 3.41. The van der Waals surface area contributed by atoms with Crippen LogP contribution in [0.5, 0.6) is 0 Å². The molecule has 2 aromatic rings. The highest BCUT2D eigenvalue weighted by Gasteiger charge is 2.14. The number of hydrogen-bond acceptors (Lipinski definition) is 1. The van der Waals surface area contributed by atoms with Gasteiger partial charge in [0.15, 0.2) is 0 Å². The van der Waals surface area contributed by atoms with E-state index in [1.807, 2.05) is 0 Å². The van der Waals surface area contributed by atoms with Gasteiger partial charge in [-0.3, -0.25) is 0 Å². The second-order valence-corrected chi connectivity index (χ2v) is 6.31. The maximum atomic E-state index is 6.29. The van der Waals surface area contributed by atoms with Gasteiger partial charge < -0.3 is 5.73 Å². The molecule has 0 heterocycles. The summed E-state index contributed by atoms with van der Waals surface area (Å²) in [6.07, 6.45) is 2.20. The molecule has 0 bridgehead atoms. The highest BCUT2D eigenvalue weighted by atomic mass is 14.6. The molecule has 0 aliphatic rings. The molecule has 1 unspecified atom stereocenters. The molecule has 1 atom stereocenters. The van der Waals surface area contributed by atoms with Crippen LogP contribution in [0.25, 0.3) is 10.8 Å². The Morgan fingerprint density at radius 1 is 1.00 bits per heavy atom. The Kier molecular flexibility index (Phi) is 3.72. The number of hydrogen-bond donors (Lipinski definition) is 1. The predicted octanol–water partition coefficient (Wildman–Crippen LogP) is 4.67. The summed E-state index contributed by atoms with van der Waals surface area (Å²) in [4.78, 5) is 0. The first kappa shape index (κ1) is 13.1. The van der Waals surface area contributed by atoms with Crippen molar-refractivity contribution in [3.63, 3.8) is 0 Å². The van der Waals surface area contributed by atoms with Crippen molar-refractivity contribution in [1.29, 1.82) is 0 Å². The zero-order valence-electron chi connectivity index (χ0n) is 11.6. The van der Waals surface area contributed by atoms with Crippen molar-refractivity contribution in [2.45, 2.75) is 39.7 Å². The molecule has 0 saturated heterocycles. The van der Waals surface area contributed by atoms with E-state index in [0.29, 0.717) is 5.41 Å². The van der Waals surface area contributed by atoms with E-state index in [9.17, 15) is 0 Å². The lowest BCUT2D eigenvalue weighted by molar-refractivity contribution is 0.350. The first-order valence-electron chi connectivity index (χ1n) is 6.70. The third-order valence-electron chi connectivity index (χ3n) is 3.41. The summed E-state index contributed by atoms with van der Waals surface area (Å²) in [5.74, 6) is 0. The standard InChI is InChI=1S/C17H23N/c1-17(2,3)11-10-16(18)15-9-8-13-6-4-5-7-14(13)12-15/h4-9,12,16H,10-11,18H2,1-3H3. The van der Waals surface area contributed by atoms with Crippen LogP contribution in [0.1, 0.15) is 45.2 Å². The first-order valence-corrected chi connectivity index (χ1v) is 6.70. The van der Waals surface area contributed by atoms with E-state index < -0.39 is 0 Å². The fourth-order valence-electron chi connectivity index (χ4n) is 2.19. The maximum Gasteiger partial charge on any atom is 0.0295 e. The van der Waals surface area contributed by atoms with Gasteiger partial charge in [0.25, 0.3) is 0 Å². The SMILES string of the molecule is CC(C)(C)CCC(N)c1ccc2ccccc2c1. The van der Waals surface area contributed by atoms with Crippen LogP contribution in [-0.4, -0.2) is 0 Å². The molecular weight excluding hydrogens is 218 g/mol. The number of fused-ring (bicyclic) bond motifs is 1. The summed E-state index contributed by atoms with van der Waals surface area (Å²) in [6, 6.07) is 15.1. The van der Waals surface area contributed by atoms with Crippen LogP contribution in [0.15, 0.2) is 42.5 Å². The van der Waals surface area contributed by atoms with E-state index in [2.05, 4.69) is 63.2 Å². The van der Waals surface area contributed by atoms with Crippen molar-refractivity contribution in [2.24, 2.45) is 11.1 Å². The van der Waals surface area contributed by atoms with Gasteiger partial charge in [-0.2, -0.15) is 0 Å². The third kappa shape index (κ3) is 3.33. The van der Waals surface area contributed by atoms with Gasteiger partial charge in [-0.15, -0.1) is 0 Å². The topological polar surface area (TPSA) is 26.0 Å². The first-order chi connectivity index (χ1) is 8.46. The molecule has 96 valence electrons. The van der Waals surface area contributed by atoms with Crippen LogP contribution in [0, 0.1) is 5.41 Å². The molecule has 0 saturated carbocycles. The second kappa shape index (κ2) is 5.11. The Morgan fingerprint density at radius 3 is 2.33 bits per heavy atom. The molecule has 1 heteroatoms. The van der Waals surface area contributed by atoms with Crippen molar-refractivity contribution in [2.75, 3.05) is 0 Å².